The Labute approximate surface area is 76.3 Å². The second-order valence-electron chi connectivity index (χ2n) is 2.35. The van der Waals surface area contributed by atoms with Gasteiger partial charge in [-0.25, -0.2) is 0 Å². The van der Waals surface area contributed by atoms with Gasteiger partial charge in [-0.1, -0.05) is 0 Å². The van der Waals surface area contributed by atoms with Gasteiger partial charge in [0.25, 0.3) is 0 Å². The topological polar surface area (TPSA) is 37.3 Å². The van der Waals surface area contributed by atoms with E-state index in [1.54, 1.807) is 0 Å². The standard InChI is InChI=1S/C8H10IO2/c10-8(11)3-1-2-7-4-5-9-6-7/h4-6H,1-3H2,(H,10,11)/q-1. The third-order valence-corrected chi connectivity index (χ3v) is 3.34. The Morgan fingerprint density at radius 3 is 3.00 bits per heavy atom. The maximum atomic E-state index is 10.1. The molecular weight excluding hydrogens is 255 g/mol. The van der Waals surface area contributed by atoms with Gasteiger partial charge in [0.2, 0.25) is 0 Å². The van der Waals surface area contributed by atoms with Gasteiger partial charge >= 0.3 is 76.2 Å². The van der Waals surface area contributed by atoms with Crippen LogP contribution >= 0.6 is 0 Å². The first-order valence-corrected chi connectivity index (χ1v) is 5.97. The second-order valence-corrected chi connectivity index (χ2v) is 4.41. The summed E-state index contributed by atoms with van der Waals surface area (Å²) in [6.07, 6.45) is 4.12. The van der Waals surface area contributed by atoms with Crippen LogP contribution in [0.4, 0.5) is 0 Å². The van der Waals surface area contributed by atoms with Crippen molar-refractivity contribution in [3.8, 4) is 0 Å². The summed E-state index contributed by atoms with van der Waals surface area (Å²) in [5.74, 6) is -0.692. The molecule has 1 N–H and O–H groups in total. The molecule has 11 heavy (non-hydrogen) atoms. The Bertz CT molecular complexity index is 206. The fourth-order valence-corrected chi connectivity index (χ4v) is 2.71. The zero-order valence-electron chi connectivity index (χ0n) is 6.09. The minimum atomic E-state index is -0.692. The van der Waals surface area contributed by atoms with Crippen molar-refractivity contribution in [2.75, 3.05) is 0 Å². The molecule has 2 nitrogen and oxygen atoms in total. The SMILES string of the molecule is O=C(O)CCCC1=C[I-]C=C1. The van der Waals surface area contributed by atoms with Gasteiger partial charge in [-0.05, 0) is 0 Å². The average Bonchev–Trinajstić information content (AvgIpc) is 2.39. The first-order chi connectivity index (χ1) is 5.29. The molecular formula is C8H10IO2-. The molecule has 0 aromatic carbocycles. The minimum absolute atomic E-state index is 0.178. The van der Waals surface area contributed by atoms with E-state index >= 15 is 0 Å². The Balaban J connectivity index is 2.12. The molecule has 0 unspecified atom stereocenters. The van der Waals surface area contributed by atoms with Gasteiger partial charge in [-0.3, -0.25) is 0 Å². The molecule has 0 aliphatic carbocycles. The van der Waals surface area contributed by atoms with Crippen LogP contribution in [-0.2, 0) is 4.79 Å². The molecule has 0 amide bonds. The molecule has 0 spiro atoms. The molecule has 0 bridgehead atoms. The fourth-order valence-electron chi connectivity index (χ4n) is 0.853. The van der Waals surface area contributed by atoms with E-state index in [1.807, 2.05) is 0 Å². The number of carboxylic acid groups (broad SMARTS) is 1. The van der Waals surface area contributed by atoms with Crippen molar-refractivity contribution < 1.29 is 31.1 Å². The van der Waals surface area contributed by atoms with Crippen molar-refractivity contribution in [1.82, 2.24) is 0 Å². The molecule has 0 aromatic rings. The summed E-state index contributed by atoms with van der Waals surface area (Å²) < 4.78 is 4.45. The van der Waals surface area contributed by atoms with Crippen LogP contribution in [0.1, 0.15) is 19.3 Å². The average molecular weight is 265 g/mol. The van der Waals surface area contributed by atoms with Gasteiger partial charge in [0.1, 0.15) is 0 Å². The van der Waals surface area contributed by atoms with E-state index in [0.717, 1.165) is 12.8 Å². The molecule has 1 aliphatic heterocycles. The Kier molecular flexibility index (Phi) is 3.62. The summed E-state index contributed by atoms with van der Waals surface area (Å²) >= 11 is 0.178. The zero-order chi connectivity index (χ0) is 8.10. The number of hydrogen-bond donors (Lipinski definition) is 1. The number of carbonyl (C=O) groups is 1. The number of carboxylic acids is 1. The monoisotopic (exact) mass is 265 g/mol. The van der Waals surface area contributed by atoms with Gasteiger partial charge in [0, 0.05) is 0 Å². The molecule has 0 radical (unpaired) electrons. The molecule has 3 heteroatoms. The summed E-state index contributed by atoms with van der Waals surface area (Å²) in [7, 11) is 0. The number of hydrogen-bond acceptors (Lipinski definition) is 1. The van der Waals surface area contributed by atoms with E-state index in [2.05, 4.69) is 14.2 Å². The van der Waals surface area contributed by atoms with E-state index in [-0.39, 0.29) is 21.2 Å². The van der Waals surface area contributed by atoms with Crippen molar-refractivity contribution in [3.05, 3.63) is 19.8 Å². The van der Waals surface area contributed by atoms with Crippen LogP contribution in [0.3, 0.4) is 0 Å². The van der Waals surface area contributed by atoms with Crippen molar-refractivity contribution in [2.24, 2.45) is 0 Å². The summed E-state index contributed by atoms with van der Waals surface area (Å²) in [6.45, 7) is 0. The van der Waals surface area contributed by atoms with Gasteiger partial charge in [0.05, 0.1) is 0 Å². The van der Waals surface area contributed by atoms with Crippen LogP contribution in [0.5, 0.6) is 0 Å². The Morgan fingerprint density at radius 2 is 2.45 bits per heavy atom. The number of halogens is 1. The van der Waals surface area contributed by atoms with Crippen molar-refractivity contribution >= 4 is 5.97 Å². The maximum absolute atomic E-state index is 10.1. The van der Waals surface area contributed by atoms with Crippen molar-refractivity contribution in [2.45, 2.75) is 19.3 Å². The normalized spacial score (nSPS) is 15.8. The number of allylic oxidation sites excluding steroid dienone is 2. The molecule has 1 heterocycles. The van der Waals surface area contributed by atoms with Crippen molar-refractivity contribution in [1.29, 1.82) is 0 Å². The molecule has 1 rings (SSSR count). The van der Waals surface area contributed by atoms with Gasteiger partial charge in [-0.2, -0.15) is 0 Å². The fraction of sp³-hybridized carbons (Fsp3) is 0.375. The molecule has 0 saturated heterocycles. The molecule has 0 aromatic heterocycles. The number of aliphatic carboxylic acids is 1. The quantitative estimate of drug-likeness (QED) is 0.644. The van der Waals surface area contributed by atoms with Crippen LogP contribution in [0, 0.1) is 0 Å². The van der Waals surface area contributed by atoms with Crippen LogP contribution in [0.15, 0.2) is 19.8 Å². The first kappa shape index (κ1) is 8.77. The van der Waals surface area contributed by atoms with E-state index in [4.69, 9.17) is 5.11 Å². The third-order valence-electron chi connectivity index (χ3n) is 1.41. The van der Waals surface area contributed by atoms with Crippen LogP contribution < -0.4 is 21.2 Å². The molecule has 0 saturated carbocycles. The van der Waals surface area contributed by atoms with E-state index in [1.165, 1.54) is 5.57 Å². The van der Waals surface area contributed by atoms with Gasteiger partial charge in [0.15, 0.2) is 0 Å². The summed E-state index contributed by atoms with van der Waals surface area (Å²) in [4.78, 5) is 10.1. The first-order valence-electron chi connectivity index (χ1n) is 3.48. The Hall–Kier alpha value is -0.320. The number of rotatable bonds is 4. The summed E-state index contributed by atoms with van der Waals surface area (Å²) in [5, 5.41) is 8.36. The van der Waals surface area contributed by atoms with Crippen LogP contribution in [0.25, 0.3) is 0 Å². The summed E-state index contributed by atoms with van der Waals surface area (Å²) in [6, 6.07) is 0. The van der Waals surface area contributed by atoms with Gasteiger partial charge < -0.3 is 0 Å². The van der Waals surface area contributed by atoms with E-state index in [9.17, 15) is 4.79 Å². The third kappa shape index (κ3) is 3.55. The predicted octanol–water partition coefficient (Wildman–Crippen LogP) is -1.26. The summed E-state index contributed by atoms with van der Waals surface area (Å²) in [5.41, 5.74) is 1.33. The van der Waals surface area contributed by atoms with Crippen molar-refractivity contribution in [3.63, 3.8) is 0 Å². The van der Waals surface area contributed by atoms with E-state index < -0.39 is 5.97 Å². The van der Waals surface area contributed by atoms with Gasteiger partial charge in [-0.15, -0.1) is 0 Å². The zero-order valence-corrected chi connectivity index (χ0v) is 8.24. The molecule has 0 fully saturated rings. The van der Waals surface area contributed by atoms with E-state index in [0.29, 0.717) is 6.42 Å². The predicted molar refractivity (Wildman–Crippen MR) is 38.7 cm³/mol. The Morgan fingerprint density at radius 1 is 1.64 bits per heavy atom. The van der Waals surface area contributed by atoms with Crippen LogP contribution in [0.2, 0.25) is 0 Å². The molecule has 1 aliphatic rings. The van der Waals surface area contributed by atoms with Crippen LogP contribution in [-0.4, -0.2) is 11.1 Å². The molecule has 0 atom stereocenters. The molecule has 62 valence electrons. The second kappa shape index (κ2) is 4.54.